The van der Waals surface area contributed by atoms with Gasteiger partial charge in [-0.3, -0.25) is 4.79 Å². The van der Waals surface area contributed by atoms with Gasteiger partial charge in [0.1, 0.15) is 6.10 Å². The lowest BCUT2D eigenvalue weighted by molar-refractivity contribution is -0.155. The SMILES string of the molecule is C[C@H]1CC[C@@H]2[C@H](OC(=O)[C@]2(C)O)[C@H]2C(CO)=CC(=O)[C@H]21. The molecule has 0 aromatic heterocycles. The molecule has 0 spiro atoms. The largest absolute Gasteiger partial charge is 0.459 e. The zero-order valence-corrected chi connectivity index (χ0v) is 11.7. The number of hydrogen-bond donors (Lipinski definition) is 2. The summed E-state index contributed by atoms with van der Waals surface area (Å²) in [6.07, 6.45) is 2.42. The molecule has 3 aliphatic rings. The second-order valence-corrected chi connectivity index (χ2v) is 6.51. The van der Waals surface area contributed by atoms with Crippen molar-refractivity contribution >= 4 is 11.8 Å². The Morgan fingerprint density at radius 2 is 2.05 bits per heavy atom. The number of esters is 1. The van der Waals surface area contributed by atoms with E-state index in [2.05, 4.69) is 0 Å². The zero-order valence-electron chi connectivity index (χ0n) is 11.7. The smallest absolute Gasteiger partial charge is 0.338 e. The maximum absolute atomic E-state index is 12.2. The number of fused-ring (bicyclic) bond motifs is 3. The molecule has 1 aliphatic heterocycles. The second kappa shape index (κ2) is 4.40. The van der Waals surface area contributed by atoms with E-state index in [0.29, 0.717) is 12.0 Å². The van der Waals surface area contributed by atoms with Gasteiger partial charge in [-0.1, -0.05) is 6.92 Å². The maximum Gasteiger partial charge on any atom is 0.338 e. The van der Waals surface area contributed by atoms with Crippen LogP contribution < -0.4 is 0 Å². The van der Waals surface area contributed by atoms with Gasteiger partial charge in [0, 0.05) is 17.8 Å². The lowest BCUT2D eigenvalue weighted by Crippen LogP contribution is -2.40. The molecule has 3 rings (SSSR count). The van der Waals surface area contributed by atoms with Crippen molar-refractivity contribution in [2.24, 2.45) is 23.7 Å². The number of carbonyl (C=O) groups excluding carboxylic acids is 2. The normalized spacial score (nSPS) is 47.4. The maximum atomic E-state index is 12.2. The van der Waals surface area contributed by atoms with Crippen LogP contribution in [-0.4, -0.2) is 40.3 Å². The van der Waals surface area contributed by atoms with E-state index in [1.165, 1.54) is 13.0 Å². The van der Waals surface area contributed by atoms with Gasteiger partial charge < -0.3 is 14.9 Å². The summed E-state index contributed by atoms with van der Waals surface area (Å²) >= 11 is 0. The van der Waals surface area contributed by atoms with Crippen molar-refractivity contribution in [2.45, 2.75) is 38.4 Å². The number of hydrogen-bond acceptors (Lipinski definition) is 5. The summed E-state index contributed by atoms with van der Waals surface area (Å²) in [5.74, 6) is -1.28. The molecule has 1 saturated carbocycles. The van der Waals surface area contributed by atoms with E-state index in [1.807, 2.05) is 6.92 Å². The highest BCUT2D eigenvalue weighted by molar-refractivity contribution is 5.96. The molecule has 2 fully saturated rings. The first-order valence-electron chi connectivity index (χ1n) is 7.16. The van der Waals surface area contributed by atoms with Crippen LogP contribution in [0.25, 0.3) is 0 Å². The number of ketones is 1. The Labute approximate surface area is 117 Å². The molecule has 0 unspecified atom stereocenters. The lowest BCUT2D eigenvalue weighted by atomic mass is 9.76. The van der Waals surface area contributed by atoms with E-state index in [4.69, 9.17) is 4.74 Å². The first-order valence-corrected chi connectivity index (χ1v) is 7.16. The predicted molar refractivity (Wildman–Crippen MR) is 69.5 cm³/mol. The first-order chi connectivity index (χ1) is 9.37. The standard InChI is InChI=1S/C15H20O5/c1-7-3-4-9-13(20-14(18)15(9,2)19)12-8(6-16)5-10(17)11(7)12/h5,7,9,11-13,16,19H,3-4,6H2,1-2H3/t7-,9+,11+,12-,13-,15+/m0/s1. The molecule has 20 heavy (non-hydrogen) atoms. The number of ether oxygens (including phenoxy) is 1. The molecule has 2 aliphatic carbocycles. The number of aliphatic hydroxyl groups is 2. The lowest BCUT2D eigenvalue weighted by Gasteiger charge is -2.29. The summed E-state index contributed by atoms with van der Waals surface area (Å²) in [6, 6.07) is 0. The highest BCUT2D eigenvalue weighted by Crippen LogP contribution is 2.50. The molecule has 1 heterocycles. The van der Waals surface area contributed by atoms with E-state index in [0.717, 1.165) is 6.42 Å². The minimum Gasteiger partial charge on any atom is -0.459 e. The van der Waals surface area contributed by atoms with E-state index >= 15 is 0 Å². The fourth-order valence-corrected chi connectivity index (χ4v) is 4.17. The third-order valence-electron chi connectivity index (χ3n) is 5.33. The monoisotopic (exact) mass is 280 g/mol. The van der Waals surface area contributed by atoms with E-state index in [1.54, 1.807) is 0 Å². The Bertz CT molecular complexity index is 492. The summed E-state index contributed by atoms with van der Waals surface area (Å²) in [4.78, 5) is 24.1. The van der Waals surface area contributed by atoms with Gasteiger partial charge in [-0.15, -0.1) is 0 Å². The minimum atomic E-state index is -1.49. The van der Waals surface area contributed by atoms with Crippen LogP contribution in [0.2, 0.25) is 0 Å². The van der Waals surface area contributed by atoms with Gasteiger partial charge in [0.25, 0.3) is 0 Å². The van der Waals surface area contributed by atoms with Gasteiger partial charge in [-0.25, -0.2) is 4.79 Å². The number of rotatable bonds is 1. The summed E-state index contributed by atoms with van der Waals surface area (Å²) < 4.78 is 5.41. The van der Waals surface area contributed by atoms with Crippen molar-refractivity contribution in [1.29, 1.82) is 0 Å². The Hall–Kier alpha value is -1.20. The Morgan fingerprint density at radius 1 is 1.35 bits per heavy atom. The van der Waals surface area contributed by atoms with Crippen LogP contribution in [-0.2, 0) is 14.3 Å². The number of carbonyl (C=O) groups is 2. The van der Waals surface area contributed by atoms with Gasteiger partial charge in [-0.05, 0) is 37.3 Å². The molecule has 2 N–H and O–H groups in total. The van der Waals surface area contributed by atoms with Crippen LogP contribution in [0.4, 0.5) is 0 Å². The van der Waals surface area contributed by atoms with Gasteiger partial charge in [0.2, 0.25) is 0 Å². The van der Waals surface area contributed by atoms with Crippen LogP contribution in [0.1, 0.15) is 26.7 Å². The molecule has 1 saturated heterocycles. The first kappa shape index (κ1) is 13.8. The van der Waals surface area contributed by atoms with Crippen LogP contribution in [0.5, 0.6) is 0 Å². The molecule has 0 aromatic carbocycles. The molecule has 5 nitrogen and oxygen atoms in total. The molecule has 0 aromatic rings. The summed E-state index contributed by atoms with van der Waals surface area (Å²) in [5.41, 5.74) is -0.861. The fourth-order valence-electron chi connectivity index (χ4n) is 4.17. The van der Waals surface area contributed by atoms with Crippen molar-refractivity contribution in [2.75, 3.05) is 6.61 Å². The van der Waals surface area contributed by atoms with E-state index in [-0.39, 0.29) is 36.1 Å². The molecule has 0 bridgehead atoms. The molecule has 0 amide bonds. The third kappa shape index (κ3) is 1.69. The molecule has 0 radical (unpaired) electrons. The van der Waals surface area contributed by atoms with E-state index in [9.17, 15) is 19.8 Å². The van der Waals surface area contributed by atoms with Gasteiger partial charge in [-0.2, -0.15) is 0 Å². The zero-order chi connectivity index (χ0) is 14.7. The average molecular weight is 280 g/mol. The van der Waals surface area contributed by atoms with Crippen LogP contribution >= 0.6 is 0 Å². The minimum absolute atomic E-state index is 0.00907. The molecular formula is C15H20O5. The summed E-state index contributed by atoms with van der Waals surface area (Å²) in [6.45, 7) is 3.30. The summed E-state index contributed by atoms with van der Waals surface area (Å²) in [5, 5.41) is 19.9. The molecule has 110 valence electrons. The van der Waals surface area contributed by atoms with E-state index < -0.39 is 17.7 Å². The average Bonchev–Trinajstić information content (AvgIpc) is 2.76. The van der Waals surface area contributed by atoms with Crippen molar-refractivity contribution in [3.05, 3.63) is 11.6 Å². The van der Waals surface area contributed by atoms with Crippen molar-refractivity contribution < 1.29 is 24.5 Å². The fraction of sp³-hybridized carbons (Fsp3) is 0.733. The summed E-state index contributed by atoms with van der Waals surface area (Å²) in [7, 11) is 0. The number of allylic oxidation sites excluding steroid dienone is 1. The topological polar surface area (TPSA) is 83.8 Å². The van der Waals surface area contributed by atoms with Gasteiger partial charge in [0.05, 0.1) is 6.61 Å². The van der Waals surface area contributed by atoms with Gasteiger partial charge in [0.15, 0.2) is 11.4 Å². The molecule has 5 heteroatoms. The van der Waals surface area contributed by atoms with Crippen LogP contribution in [0, 0.1) is 23.7 Å². The highest BCUT2D eigenvalue weighted by atomic mass is 16.6. The molecular weight excluding hydrogens is 260 g/mol. The van der Waals surface area contributed by atoms with Crippen LogP contribution in [0.3, 0.4) is 0 Å². The van der Waals surface area contributed by atoms with Gasteiger partial charge >= 0.3 is 5.97 Å². The Morgan fingerprint density at radius 3 is 2.70 bits per heavy atom. The Kier molecular flexibility index (Phi) is 3.03. The van der Waals surface area contributed by atoms with Crippen molar-refractivity contribution in [3.8, 4) is 0 Å². The molecule has 6 atom stereocenters. The third-order valence-corrected chi connectivity index (χ3v) is 5.33. The predicted octanol–water partition coefficient (Wildman–Crippen LogP) is 0.443. The van der Waals surface area contributed by atoms with Crippen LogP contribution in [0.15, 0.2) is 11.6 Å². The highest BCUT2D eigenvalue weighted by Gasteiger charge is 2.60. The van der Waals surface area contributed by atoms with Crippen molar-refractivity contribution in [3.63, 3.8) is 0 Å². The Balaban J connectivity index is 2.04. The second-order valence-electron chi connectivity index (χ2n) is 6.51. The quantitative estimate of drug-likeness (QED) is 0.681. The number of aliphatic hydroxyl groups excluding tert-OH is 1. The van der Waals surface area contributed by atoms with Crippen molar-refractivity contribution in [1.82, 2.24) is 0 Å².